The molecule has 0 aromatic carbocycles. The number of ketones is 1. The van der Waals surface area contributed by atoms with Crippen LogP contribution in [0.25, 0.3) is 0 Å². The van der Waals surface area contributed by atoms with E-state index < -0.39 is 0 Å². The van der Waals surface area contributed by atoms with Crippen LogP contribution in [-0.2, 0) is 9.53 Å². The smallest absolute Gasteiger partial charge is 0.172 e. The fraction of sp³-hybridized carbons (Fsp3) is 0.917. The maximum atomic E-state index is 11.4. The van der Waals surface area contributed by atoms with Crippen molar-refractivity contribution in [1.29, 1.82) is 0 Å². The van der Waals surface area contributed by atoms with Crippen LogP contribution >= 0.6 is 0 Å². The number of carbonyl (C=O) groups excluding carboxylic acids is 1. The molecule has 0 N–H and O–H groups in total. The Bertz CT molecular complexity index is 239. The van der Waals surface area contributed by atoms with E-state index in [9.17, 15) is 4.79 Å². The molecule has 0 spiro atoms. The van der Waals surface area contributed by atoms with E-state index in [-0.39, 0.29) is 12.4 Å². The van der Waals surface area contributed by atoms with Crippen LogP contribution in [0.15, 0.2) is 0 Å². The fourth-order valence-corrected chi connectivity index (χ4v) is 2.82. The SMILES string of the molecule is COCC(=O)CN1CCC(N2CCCC2)C1. The van der Waals surface area contributed by atoms with Crippen LogP contribution in [0.4, 0.5) is 0 Å². The van der Waals surface area contributed by atoms with Crippen molar-refractivity contribution in [1.82, 2.24) is 9.80 Å². The van der Waals surface area contributed by atoms with Gasteiger partial charge >= 0.3 is 0 Å². The minimum absolute atomic E-state index is 0.199. The number of rotatable bonds is 5. The fourth-order valence-electron chi connectivity index (χ4n) is 2.82. The van der Waals surface area contributed by atoms with E-state index in [0.29, 0.717) is 12.6 Å². The van der Waals surface area contributed by atoms with Crippen molar-refractivity contribution >= 4 is 5.78 Å². The van der Waals surface area contributed by atoms with Gasteiger partial charge in [-0.3, -0.25) is 14.6 Å². The lowest BCUT2D eigenvalue weighted by Crippen LogP contribution is -2.37. The second-order valence-electron chi connectivity index (χ2n) is 4.89. The van der Waals surface area contributed by atoms with Crippen LogP contribution in [-0.4, -0.2) is 68.1 Å². The number of methoxy groups -OCH3 is 1. The zero-order valence-corrected chi connectivity index (χ0v) is 10.2. The Kier molecular flexibility index (Phi) is 4.32. The summed E-state index contributed by atoms with van der Waals surface area (Å²) in [4.78, 5) is 16.3. The quantitative estimate of drug-likeness (QED) is 0.678. The lowest BCUT2D eigenvalue weighted by atomic mass is 10.2. The normalized spacial score (nSPS) is 27.7. The molecular formula is C12H22N2O2. The molecule has 0 aromatic heterocycles. The first kappa shape index (κ1) is 12.0. The maximum absolute atomic E-state index is 11.4. The highest BCUT2D eigenvalue weighted by Gasteiger charge is 2.29. The van der Waals surface area contributed by atoms with Gasteiger partial charge in [-0.05, 0) is 32.4 Å². The van der Waals surface area contributed by atoms with Gasteiger partial charge in [0.25, 0.3) is 0 Å². The monoisotopic (exact) mass is 226 g/mol. The Balaban J connectivity index is 1.72. The van der Waals surface area contributed by atoms with Crippen LogP contribution in [0.5, 0.6) is 0 Å². The van der Waals surface area contributed by atoms with E-state index in [2.05, 4.69) is 9.80 Å². The van der Waals surface area contributed by atoms with Crippen LogP contribution in [0.1, 0.15) is 19.3 Å². The number of Topliss-reactive ketones (excluding diaryl/α,β-unsaturated/α-hetero) is 1. The van der Waals surface area contributed by atoms with Gasteiger partial charge in [-0.2, -0.15) is 0 Å². The van der Waals surface area contributed by atoms with E-state index in [0.717, 1.165) is 13.1 Å². The first-order valence-corrected chi connectivity index (χ1v) is 6.26. The minimum Gasteiger partial charge on any atom is -0.377 e. The Morgan fingerprint density at radius 2 is 2.06 bits per heavy atom. The molecule has 2 rings (SSSR count). The summed E-state index contributed by atoms with van der Waals surface area (Å²) >= 11 is 0. The molecule has 2 aliphatic rings. The van der Waals surface area contributed by atoms with Gasteiger partial charge < -0.3 is 4.74 Å². The zero-order valence-electron chi connectivity index (χ0n) is 10.2. The Morgan fingerprint density at radius 3 is 2.75 bits per heavy atom. The molecule has 2 fully saturated rings. The van der Waals surface area contributed by atoms with Crippen LogP contribution in [0, 0.1) is 0 Å². The van der Waals surface area contributed by atoms with Gasteiger partial charge in [-0.1, -0.05) is 0 Å². The van der Waals surface area contributed by atoms with Crippen molar-refractivity contribution in [3.8, 4) is 0 Å². The Hall–Kier alpha value is -0.450. The lowest BCUT2D eigenvalue weighted by Gasteiger charge is -2.23. The molecule has 2 heterocycles. The molecule has 1 unspecified atom stereocenters. The van der Waals surface area contributed by atoms with E-state index in [1.165, 1.54) is 32.4 Å². The van der Waals surface area contributed by atoms with E-state index >= 15 is 0 Å². The summed E-state index contributed by atoms with van der Waals surface area (Å²) in [5.41, 5.74) is 0. The average molecular weight is 226 g/mol. The van der Waals surface area contributed by atoms with Gasteiger partial charge in [0.1, 0.15) is 6.61 Å². The van der Waals surface area contributed by atoms with Crippen molar-refractivity contribution in [2.24, 2.45) is 0 Å². The van der Waals surface area contributed by atoms with Crippen molar-refractivity contribution in [3.05, 3.63) is 0 Å². The number of hydrogen-bond donors (Lipinski definition) is 0. The second-order valence-corrected chi connectivity index (χ2v) is 4.89. The number of carbonyl (C=O) groups is 1. The molecule has 0 aliphatic carbocycles. The molecule has 0 radical (unpaired) electrons. The summed E-state index contributed by atoms with van der Waals surface area (Å²) in [7, 11) is 1.58. The minimum atomic E-state index is 0.199. The predicted molar refractivity (Wildman–Crippen MR) is 62.5 cm³/mol. The highest BCUT2D eigenvalue weighted by atomic mass is 16.5. The first-order chi connectivity index (χ1) is 7.79. The first-order valence-electron chi connectivity index (χ1n) is 6.26. The molecular weight excluding hydrogens is 204 g/mol. The number of hydrogen-bond acceptors (Lipinski definition) is 4. The van der Waals surface area contributed by atoms with Gasteiger partial charge in [0.2, 0.25) is 0 Å². The molecule has 92 valence electrons. The zero-order chi connectivity index (χ0) is 11.4. The summed E-state index contributed by atoms with van der Waals surface area (Å²) in [6.45, 7) is 5.46. The average Bonchev–Trinajstić information content (AvgIpc) is 2.86. The largest absolute Gasteiger partial charge is 0.377 e. The van der Waals surface area contributed by atoms with Gasteiger partial charge in [-0.15, -0.1) is 0 Å². The lowest BCUT2D eigenvalue weighted by molar-refractivity contribution is -0.123. The molecule has 0 amide bonds. The van der Waals surface area contributed by atoms with Crippen molar-refractivity contribution in [2.75, 3.05) is 46.4 Å². The maximum Gasteiger partial charge on any atom is 0.172 e. The molecule has 16 heavy (non-hydrogen) atoms. The number of likely N-dealkylation sites (tertiary alicyclic amines) is 2. The molecule has 4 nitrogen and oxygen atoms in total. The van der Waals surface area contributed by atoms with Crippen LogP contribution < -0.4 is 0 Å². The van der Waals surface area contributed by atoms with E-state index in [1.54, 1.807) is 7.11 Å². The number of nitrogens with zero attached hydrogens (tertiary/aromatic N) is 2. The molecule has 2 aliphatic heterocycles. The molecule has 0 aromatic rings. The molecule has 0 saturated carbocycles. The summed E-state index contributed by atoms with van der Waals surface area (Å²) in [5, 5.41) is 0. The molecule has 4 heteroatoms. The van der Waals surface area contributed by atoms with Gasteiger partial charge in [0.15, 0.2) is 5.78 Å². The van der Waals surface area contributed by atoms with Crippen molar-refractivity contribution in [3.63, 3.8) is 0 Å². The predicted octanol–water partition coefficient (Wildman–Crippen LogP) is 0.372. The summed E-state index contributed by atoms with van der Waals surface area (Å²) in [6.07, 6.45) is 3.92. The van der Waals surface area contributed by atoms with Crippen LogP contribution in [0.3, 0.4) is 0 Å². The number of ether oxygens (including phenoxy) is 1. The third-order valence-electron chi connectivity index (χ3n) is 3.61. The second kappa shape index (κ2) is 5.75. The highest BCUT2D eigenvalue weighted by molar-refractivity contribution is 5.81. The third kappa shape index (κ3) is 3.03. The van der Waals surface area contributed by atoms with E-state index in [1.807, 2.05) is 0 Å². The van der Waals surface area contributed by atoms with Gasteiger partial charge in [0, 0.05) is 26.2 Å². The van der Waals surface area contributed by atoms with Gasteiger partial charge in [0.05, 0.1) is 6.54 Å². The van der Waals surface area contributed by atoms with Crippen molar-refractivity contribution in [2.45, 2.75) is 25.3 Å². The summed E-state index contributed by atoms with van der Waals surface area (Å²) < 4.78 is 4.85. The third-order valence-corrected chi connectivity index (χ3v) is 3.61. The summed E-state index contributed by atoms with van der Waals surface area (Å²) in [6, 6.07) is 0.692. The topological polar surface area (TPSA) is 32.8 Å². The van der Waals surface area contributed by atoms with Crippen molar-refractivity contribution < 1.29 is 9.53 Å². The Morgan fingerprint density at radius 1 is 1.31 bits per heavy atom. The Labute approximate surface area is 97.5 Å². The molecule has 0 bridgehead atoms. The van der Waals surface area contributed by atoms with Crippen LogP contribution in [0.2, 0.25) is 0 Å². The highest BCUT2D eigenvalue weighted by Crippen LogP contribution is 2.19. The summed E-state index contributed by atoms with van der Waals surface area (Å²) in [5.74, 6) is 0.199. The van der Waals surface area contributed by atoms with Gasteiger partial charge in [-0.25, -0.2) is 0 Å². The standard InChI is InChI=1S/C12H22N2O2/c1-16-10-12(15)9-13-7-4-11(8-13)14-5-2-3-6-14/h11H,2-10H2,1H3. The molecule has 2 saturated heterocycles. The van der Waals surface area contributed by atoms with E-state index in [4.69, 9.17) is 4.74 Å². The molecule has 1 atom stereocenters.